The van der Waals surface area contributed by atoms with Crippen molar-refractivity contribution in [3.05, 3.63) is 96.3 Å². The first-order valence-corrected chi connectivity index (χ1v) is 10.6. The molecular weight excluding hydrogens is 385 g/mol. The van der Waals surface area contributed by atoms with Gasteiger partial charge in [-0.2, -0.15) is 0 Å². The molecule has 0 unspecified atom stereocenters. The summed E-state index contributed by atoms with van der Waals surface area (Å²) in [5.41, 5.74) is 3.18. The summed E-state index contributed by atoms with van der Waals surface area (Å²) in [6, 6.07) is 24.4. The second-order valence-corrected chi connectivity index (χ2v) is 8.98. The molecular formula is C24H20FNO2S. The molecule has 4 aromatic rings. The summed E-state index contributed by atoms with van der Waals surface area (Å²) in [4.78, 5) is 0.228. The second-order valence-electron chi connectivity index (χ2n) is 7.01. The summed E-state index contributed by atoms with van der Waals surface area (Å²) >= 11 is 0. The Morgan fingerprint density at radius 2 is 1.52 bits per heavy atom. The third-order valence-electron chi connectivity index (χ3n) is 5.03. The Morgan fingerprint density at radius 1 is 0.828 bits per heavy atom. The van der Waals surface area contributed by atoms with E-state index in [2.05, 4.69) is 0 Å². The van der Waals surface area contributed by atoms with Crippen molar-refractivity contribution in [2.24, 2.45) is 0 Å². The smallest absolute Gasteiger partial charge is 0.264 e. The average molecular weight is 405 g/mol. The fourth-order valence-electron chi connectivity index (χ4n) is 3.36. The molecule has 0 radical (unpaired) electrons. The first kappa shape index (κ1) is 19.2. The summed E-state index contributed by atoms with van der Waals surface area (Å²) in [5, 5.41) is 1.51. The van der Waals surface area contributed by atoms with Crippen LogP contribution in [0.1, 0.15) is 5.56 Å². The van der Waals surface area contributed by atoms with Crippen LogP contribution in [-0.2, 0) is 10.0 Å². The third kappa shape index (κ3) is 3.61. The number of anilines is 1. The van der Waals surface area contributed by atoms with Crippen molar-refractivity contribution in [2.45, 2.75) is 11.8 Å². The van der Waals surface area contributed by atoms with E-state index < -0.39 is 10.0 Å². The van der Waals surface area contributed by atoms with Crippen molar-refractivity contribution in [2.75, 3.05) is 11.4 Å². The zero-order chi connectivity index (χ0) is 20.6. The van der Waals surface area contributed by atoms with Crippen molar-refractivity contribution in [1.82, 2.24) is 0 Å². The van der Waals surface area contributed by atoms with Gasteiger partial charge in [0.2, 0.25) is 0 Å². The minimum atomic E-state index is -3.73. The molecule has 146 valence electrons. The van der Waals surface area contributed by atoms with E-state index >= 15 is 0 Å². The number of nitrogens with zero attached hydrogens (tertiary/aromatic N) is 1. The molecule has 0 aliphatic carbocycles. The lowest BCUT2D eigenvalue weighted by atomic mass is 9.97. The van der Waals surface area contributed by atoms with Crippen LogP contribution in [0.2, 0.25) is 0 Å². The minimum Gasteiger partial charge on any atom is -0.269 e. The van der Waals surface area contributed by atoms with Gasteiger partial charge in [-0.25, -0.2) is 12.8 Å². The van der Waals surface area contributed by atoms with Gasteiger partial charge in [0.15, 0.2) is 0 Å². The number of halogens is 1. The summed E-state index contributed by atoms with van der Waals surface area (Å²) in [6.45, 7) is 1.91. The molecule has 4 rings (SSSR count). The van der Waals surface area contributed by atoms with Gasteiger partial charge < -0.3 is 0 Å². The van der Waals surface area contributed by atoms with E-state index in [4.69, 9.17) is 0 Å². The van der Waals surface area contributed by atoms with Gasteiger partial charge in [0, 0.05) is 7.05 Å². The SMILES string of the molecule is Cc1ccc(S(=O)(=O)N(C)c2cc(-c3ccccc3)c3cc(F)ccc3c2)cc1. The molecule has 0 atom stereocenters. The highest BCUT2D eigenvalue weighted by Gasteiger charge is 2.22. The van der Waals surface area contributed by atoms with Gasteiger partial charge >= 0.3 is 0 Å². The van der Waals surface area contributed by atoms with Crippen molar-refractivity contribution >= 4 is 26.5 Å². The van der Waals surface area contributed by atoms with Crippen LogP contribution in [0.5, 0.6) is 0 Å². The van der Waals surface area contributed by atoms with Crippen molar-refractivity contribution in [3.8, 4) is 11.1 Å². The molecule has 0 saturated heterocycles. The van der Waals surface area contributed by atoms with Gasteiger partial charge in [0.25, 0.3) is 10.0 Å². The third-order valence-corrected chi connectivity index (χ3v) is 6.83. The molecule has 0 bridgehead atoms. The maximum atomic E-state index is 13.9. The zero-order valence-corrected chi connectivity index (χ0v) is 16.9. The van der Waals surface area contributed by atoms with E-state index in [1.807, 2.05) is 37.3 Å². The maximum absolute atomic E-state index is 13.9. The molecule has 0 saturated carbocycles. The summed E-state index contributed by atoms with van der Waals surface area (Å²) in [7, 11) is -2.19. The number of benzene rings is 4. The number of aryl methyl sites for hydroxylation is 1. The van der Waals surface area contributed by atoms with E-state index in [1.54, 1.807) is 42.5 Å². The van der Waals surface area contributed by atoms with Crippen molar-refractivity contribution < 1.29 is 12.8 Å². The fraction of sp³-hybridized carbons (Fsp3) is 0.0833. The average Bonchev–Trinajstić information content (AvgIpc) is 2.73. The van der Waals surface area contributed by atoms with Gasteiger partial charge in [-0.05, 0) is 65.2 Å². The number of hydrogen-bond donors (Lipinski definition) is 0. The zero-order valence-electron chi connectivity index (χ0n) is 16.1. The molecule has 0 aromatic heterocycles. The molecule has 0 N–H and O–H groups in total. The van der Waals surface area contributed by atoms with Gasteiger partial charge in [-0.15, -0.1) is 0 Å². The van der Waals surface area contributed by atoms with Crippen LogP contribution in [0.3, 0.4) is 0 Å². The van der Waals surface area contributed by atoms with Gasteiger partial charge in [-0.1, -0.05) is 54.1 Å². The molecule has 29 heavy (non-hydrogen) atoms. The van der Waals surface area contributed by atoms with Crippen LogP contribution in [-0.4, -0.2) is 15.5 Å². The van der Waals surface area contributed by atoms with Gasteiger partial charge in [0.1, 0.15) is 5.82 Å². The Morgan fingerprint density at radius 3 is 2.21 bits per heavy atom. The molecule has 0 heterocycles. The van der Waals surface area contributed by atoms with E-state index in [-0.39, 0.29) is 10.7 Å². The standard InChI is InChI=1S/C24H20FNO2S/c1-17-8-12-22(13-9-17)29(27,28)26(2)21-14-19-10-11-20(25)15-23(19)24(16-21)18-6-4-3-5-7-18/h3-16H,1-2H3. The largest absolute Gasteiger partial charge is 0.269 e. The molecule has 0 spiro atoms. The fourth-order valence-corrected chi connectivity index (χ4v) is 4.54. The second kappa shape index (κ2) is 7.33. The minimum absolute atomic E-state index is 0.228. The highest BCUT2D eigenvalue weighted by Crippen LogP contribution is 2.35. The lowest BCUT2D eigenvalue weighted by Crippen LogP contribution is -2.26. The Labute approximate surface area is 170 Å². The van der Waals surface area contributed by atoms with Gasteiger partial charge in [0.05, 0.1) is 10.6 Å². The first-order chi connectivity index (χ1) is 13.9. The highest BCUT2D eigenvalue weighted by molar-refractivity contribution is 7.92. The number of hydrogen-bond acceptors (Lipinski definition) is 2. The topological polar surface area (TPSA) is 37.4 Å². The predicted octanol–water partition coefficient (Wildman–Crippen LogP) is 5.78. The van der Waals surface area contributed by atoms with Crippen LogP contribution < -0.4 is 4.31 Å². The Kier molecular flexibility index (Phi) is 4.84. The molecule has 0 aliphatic rings. The van der Waals surface area contributed by atoms with Crippen LogP contribution in [0.15, 0.2) is 89.8 Å². The molecule has 5 heteroatoms. The van der Waals surface area contributed by atoms with Crippen LogP contribution in [0, 0.1) is 12.7 Å². The van der Waals surface area contributed by atoms with Crippen molar-refractivity contribution in [3.63, 3.8) is 0 Å². The lowest BCUT2D eigenvalue weighted by molar-refractivity contribution is 0.594. The molecule has 0 aliphatic heterocycles. The van der Waals surface area contributed by atoms with Crippen LogP contribution >= 0.6 is 0 Å². The Hall–Kier alpha value is -3.18. The molecule has 4 aromatic carbocycles. The van der Waals surface area contributed by atoms with Crippen LogP contribution in [0.4, 0.5) is 10.1 Å². The number of rotatable bonds is 4. The molecule has 0 amide bonds. The van der Waals surface area contributed by atoms with E-state index in [0.717, 1.165) is 27.5 Å². The quantitative estimate of drug-likeness (QED) is 0.432. The number of sulfonamides is 1. The van der Waals surface area contributed by atoms with Crippen LogP contribution in [0.25, 0.3) is 21.9 Å². The van der Waals surface area contributed by atoms with Gasteiger partial charge in [-0.3, -0.25) is 4.31 Å². The van der Waals surface area contributed by atoms with E-state index in [0.29, 0.717) is 5.69 Å². The maximum Gasteiger partial charge on any atom is 0.264 e. The summed E-state index contributed by atoms with van der Waals surface area (Å²) in [5.74, 6) is -0.330. The Bertz CT molecular complexity index is 1280. The Balaban J connectivity index is 1.90. The lowest BCUT2D eigenvalue weighted by Gasteiger charge is -2.21. The summed E-state index contributed by atoms with van der Waals surface area (Å²) < 4.78 is 41.5. The number of fused-ring (bicyclic) bond motifs is 1. The first-order valence-electron chi connectivity index (χ1n) is 9.20. The summed E-state index contributed by atoms with van der Waals surface area (Å²) in [6.07, 6.45) is 0. The van der Waals surface area contributed by atoms with Crippen molar-refractivity contribution in [1.29, 1.82) is 0 Å². The van der Waals surface area contributed by atoms with E-state index in [1.165, 1.54) is 23.5 Å². The normalized spacial score (nSPS) is 11.6. The predicted molar refractivity (Wildman–Crippen MR) is 116 cm³/mol. The highest BCUT2D eigenvalue weighted by atomic mass is 32.2. The monoisotopic (exact) mass is 405 g/mol. The molecule has 0 fully saturated rings. The van der Waals surface area contributed by atoms with E-state index in [9.17, 15) is 12.8 Å². The molecule has 3 nitrogen and oxygen atoms in total.